The van der Waals surface area contributed by atoms with Crippen molar-refractivity contribution < 1.29 is 9.59 Å². The summed E-state index contributed by atoms with van der Waals surface area (Å²) in [5.74, 6) is 0.227. The number of carbonyl (C=O) groups is 2. The van der Waals surface area contributed by atoms with Gasteiger partial charge < -0.3 is 14.8 Å². The molecule has 0 spiro atoms. The van der Waals surface area contributed by atoms with Crippen molar-refractivity contribution in [3.05, 3.63) is 66.0 Å². The molecule has 2 aliphatic rings. The molecular formula is C26H28N4O2. The molecular weight excluding hydrogens is 400 g/mol. The fraction of sp³-hybridized carbons (Fsp3) is 0.346. The fourth-order valence-corrected chi connectivity index (χ4v) is 4.77. The van der Waals surface area contributed by atoms with E-state index in [9.17, 15) is 9.59 Å². The summed E-state index contributed by atoms with van der Waals surface area (Å²) < 4.78 is 0. The van der Waals surface area contributed by atoms with Crippen LogP contribution in [0.1, 0.15) is 43.7 Å². The van der Waals surface area contributed by atoms with Crippen molar-refractivity contribution in [3.8, 4) is 0 Å². The lowest BCUT2D eigenvalue weighted by atomic mass is 9.98. The predicted molar refractivity (Wildman–Crippen MR) is 126 cm³/mol. The first-order valence-corrected chi connectivity index (χ1v) is 11.3. The number of H-pyrrole nitrogens is 1. The zero-order chi connectivity index (χ0) is 22.2. The van der Waals surface area contributed by atoms with Gasteiger partial charge in [-0.25, -0.2) is 4.98 Å². The van der Waals surface area contributed by atoms with E-state index in [4.69, 9.17) is 0 Å². The third-order valence-corrected chi connectivity index (χ3v) is 6.64. The smallest absolute Gasteiger partial charge is 0.228 e. The first-order valence-electron chi connectivity index (χ1n) is 11.3. The molecule has 4 heterocycles. The van der Waals surface area contributed by atoms with E-state index in [0.717, 1.165) is 28.7 Å². The van der Waals surface area contributed by atoms with Crippen LogP contribution in [0, 0.1) is 5.92 Å². The van der Waals surface area contributed by atoms with Gasteiger partial charge in [0, 0.05) is 55.1 Å². The van der Waals surface area contributed by atoms with Crippen LogP contribution in [0.4, 0.5) is 5.69 Å². The summed E-state index contributed by atoms with van der Waals surface area (Å²) in [4.78, 5) is 37.2. The maximum atomic E-state index is 13.2. The number of carbonyl (C=O) groups excluding carboxylic acids is 2. The number of aromatic amines is 1. The van der Waals surface area contributed by atoms with E-state index in [2.05, 4.69) is 48.1 Å². The van der Waals surface area contributed by atoms with Crippen molar-refractivity contribution >= 4 is 34.1 Å². The summed E-state index contributed by atoms with van der Waals surface area (Å²) in [6.07, 6.45) is 7.00. The quantitative estimate of drug-likeness (QED) is 0.671. The molecule has 2 amide bonds. The van der Waals surface area contributed by atoms with Gasteiger partial charge in [0.05, 0.1) is 5.92 Å². The van der Waals surface area contributed by atoms with Gasteiger partial charge in [0.15, 0.2) is 0 Å². The van der Waals surface area contributed by atoms with Crippen LogP contribution in [-0.2, 0) is 9.59 Å². The van der Waals surface area contributed by atoms with Gasteiger partial charge in [-0.1, -0.05) is 32.1 Å². The molecule has 3 aromatic rings. The van der Waals surface area contributed by atoms with E-state index in [0.29, 0.717) is 25.6 Å². The number of fused-ring (bicyclic) bond motifs is 1. The van der Waals surface area contributed by atoms with Gasteiger partial charge in [0.1, 0.15) is 5.65 Å². The van der Waals surface area contributed by atoms with Crippen molar-refractivity contribution in [3.63, 3.8) is 0 Å². The minimum Gasteiger partial charge on any atom is -0.346 e. The van der Waals surface area contributed by atoms with Gasteiger partial charge >= 0.3 is 0 Å². The number of nitrogens with one attached hydrogen (secondary N) is 1. The molecule has 0 saturated carbocycles. The second-order valence-corrected chi connectivity index (χ2v) is 9.02. The van der Waals surface area contributed by atoms with E-state index in [1.807, 2.05) is 29.3 Å². The highest BCUT2D eigenvalue weighted by Crippen LogP contribution is 2.31. The summed E-state index contributed by atoms with van der Waals surface area (Å²) in [7, 11) is 0. The van der Waals surface area contributed by atoms with Crippen LogP contribution in [-0.4, -0.2) is 46.3 Å². The van der Waals surface area contributed by atoms with E-state index < -0.39 is 0 Å². The van der Waals surface area contributed by atoms with E-state index >= 15 is 0 Å². The number of benzene rings is 1. The van der Waals surface area contributed by atoms with Crippen LogP contribution in [0.3, 0.4) is 0 Å². The van der Waals surface area contributed by atoms with Crippen LogP contribution in [0.15, 0.2) is 54.9 Å². The molecule has 0 aliphatic carbocycles. The second kappa shape index (κ2) is 8.26. The summed E-state index contributed by atoms with van der Waals surface area (Å²) in [6, 6.07) is 12.1. The Labute approximate surface area is 187 Å². The molecule has 2 aliphatic heterocycles. The largest absolute Gasteiger partial charge is 0.346 e. The lowest BCUT2D eigenvalue weighted by Crippen LogP contribution is -2.39. The van der Waals surface area contributed by atoms with Gasteiger partial charge in [-0.3, -0.25) is 9.59 Å². The maximum Gasteiger partial charge on any atom is 0.228 e. The average molecular weight is 429 g/mol. The standard InChI is InChI=1S/C26H28N4O2/c1-17(2)19-5-3-6-21(13-19)30-16-20(14-24(30)31)26(32)29-11-8-18(9-12-29)23-15-28-25-22(23)7-4-10-27-25/h3-8,10,13,15,17,20H,9,11-12,14,16H2,1-2H3,(H,27,28). The minimum absolute atomic E-state index is 0.0313. The van der Waals surface area contributed by atoms with E-state index in [1.54, 1.807) is 11.1 Å². The van der Waals surface area contributed by atoms with Gasteiger partial charge in [-0.15, -0.1) is 0 Å². The molecule has 1 aromatic carbocycles. The third kappa shape index (κ3) is 3.70. The summed E-state index contributed by atoms with van der Waals surface area (Å²) in [5, 5.41) is 1.11. The van der Waals surface area contributed by atoms with Crippen molar-refractivity contribution in [1.29, 1.82) is 0 Å². The first kappa shape index (κ1) is 20.5. The van der Waals surface area contributed by atoms with Crippen molar-refractivity contribution in [2.24, 2.45) is 5.92 Å². The van der Waals surface area contributed by atoms with Gasteiger partial charge in [-0.2, -0.15) is 0 Å². The molecule has 1 saturated heterocycles. The number of nitrogens with zero attached hydrogens (tertiary/aromatic N) is 3. The first-order chi connectivity index (χ1) is 15.5. The van der Waals surface area contributed by atoms with E-state index in [1.165, 1.54) is 11.1 Å². The highest BCUT2D eigenvalue weighted by atomic mass is 16.2. The molecule has 1 fully saturated rings. The van der Waals surface area contributed by atoms with Crippen LogP contribution in [0.5, 0.6) is 0 Å². The van der Waals surface area contributed by atoms with Crippen molar-refractivity contribution in [1.82, 2.24) is 14.9 Å². The molecule has 0 radical (unpaired) electrons. The number of hydrogen-bond acceptors (Lipinski definition) is 3. The number of amides is 2. The zero-order valence-electron chi connectivity index (χ0n) is 18.5. The second-order valence-electron chi connectivity index (χ2n) is 9.02. The highest BCUT2D eigenvalue weighted by molar-refractivity contribution is 6.00. The van der Waals surface area contributed by atoms with Crippen LogP contribution >= 0.6 is 0 Å². The molecule has 6 heteroatoms. The average Bonchev–Trinajstić information content (AvgIpc) is 3.42. The molecule has 32 heavy (non-hydrogen) atoms. The number of aromatic nitrogens is 2. The highest BCUT2D eigenvalue weighted by Gasteiger charge is 2.37. The SMILES string of the molecule is CC(C)c1cccc(N2CC(C(=O)N3CC=C(c4c[nH]c5ncccc45)CC3)CC2=O)c1. The van der Waals surface area contributed by atoms with Crippen LogP contribution in [0.25, 0.3) is 16.6 Å². The minimum atomic E-state index is -0.280. The fourth-order valence-electron chi connectivity index (χ4n) is 4.77. The molecule has 5 rings (SSSR count). The predicted octanol–water partition coefficient (Wildman–Crippen LogP) is 4.36. The van der Waals surface area contributed by atoms with Crippen molar-refractivity contribution in [2.45, 2.75) is 32.6 Å². The van der Waals surface area contributed by atoms with Crippen LogP contribution < -0.4 is 4.90 Å². The molecule has 1 atom stereocenters. The Kier molecular flexibility index (Phi) is 5.29. The van der Waals surface area contributed by atoms with Crippen LogP contribution in [0.2, 0.25) is 0 Å². The number of anilines is 1. The summed E-state index contributed by atoms with van der Waals surface area (Å²) >= 11 is 0. The van der Waals surface area contributed by atoms with Gasteiger partial charge in [-0.05, 0) is 47.7 Å². The molecule has 0 bridgehead atoms. The normalized spacial score (nSPS) is 19.2. The monoisotopic (exact) mass is 428 g/mol. The zero-order valence-corrected chi connectivity index (χ0v) is 18.5. The Bertz CT molecular complexity index is 1210. The Morgan fingerprint density at radius 3 is 2.88 bits per heavy atom. The third-order valence-electron chi connectivity index (χ3n) is 6.64. The Morgan fingerprint density at radius 1 is 1.22 bits per heavy atom. The van der Waals surface area contributed by atoms with E-state index in [-0.39, 0.29) is 24.2 Å². The molecule has 2 aromatic heterocycles. The maximum absolute atomic E-state index is 13.2. The lowest BCUT2D eigenvalue weighted by Gasteiger charge is -2.28. The van der Waals surface area contributed by atoms with Crippen molar-refractivity contribution in [2.75, 3.05) is 24.5 Å². The lowest BCUT2D eigenvalue weighted by molar-refractivity contribution is -0.135. The Morgan fingerprint density at radius 2 is 2.09 bits per heavy atom. The topological polar surface area (TPSA) is 69.3 Å². The van der Waals surface area contributed by atoms with Gasteiger partial charge in [0.2, 0.25) is 11.8 Å². The molecule has 6 nitrogen and oxygen atoms in total. The summed E-state index contributed by atoms with van der Waals surface area (Å²) in [5.41, 5.74) is 5.37. The Balaban J connectivity index is 1.28. The number of rotatable bonds is 4. The summed E-state index contributed by atoms with van der Waals surface area (Å²) in [6.45, 7) is 5.99. The Hall–Kier alpha value is -3.41. The number of pyridine rings is 1. The molecule has 1 N–H and O–H groups in total. The van der Waals surface area contributed by atoms with Gasteiger partial charge in [0.25, 0.3) is 0 Å². The number of hydrogen-bond donors (Lipinski definition) is 1. The molecule has 1 unspecified atom stereocenters. The molecule has 164 valence electrons.